The lowest BCUT2D eigenvalue weighted by atomic mass is 10.2. The van der Waals surface area contributed by atoms with Crippen molar-refractivity contribution in [3.05, 3.63) is 48.5 Å². The van der Waals surface area contributed by atoms with Crippen LogP contribution in [0.2, 0.25) is 0 Å². The van der Waals surface area contributed by atoms with E-state index in [1.54, 1.807) is 53.4 Å². The highest BCUT2D eigenvalue weighted by Crippen LogP contribution is 2.57. The summed E-state index contributed by atoms with van der Waals surface area (Å²) in [5, 5.41) is 14.0. The van der Waals surface area contributed by atoms with Crippen LogP contribution >= 0.6 is 7.60 Å². The Kier molecular flexibility index (Phi) is 9.27. The van der Waals surface area contributed by atoms with Crippen LogP contribution in [-0.2, 0) is 28.5 Å². The van der Waals surface area contributed by atoms with E-state index in [0.717, 1.165) is 13.0 Å². The van der Waals surface area contributed by atoms with E-state index in [1.165, 1.54) is 0 Å². The van der Waals surface area contributed by atoms with Crippen molar-refractivity contribution in [2.24, 2.45) is 0 Å². The molecule has 4 aliphatic rings. The first-order chi connectivity index (χ1) is 22.2. The smallest absolute Gasteiger partial charge is 0.415 e. The minimum absolute atomic E-state index is 0.137. The molecule has 6 rings (SSSR count). The average Bonchev–Trinajstić information content (AvgIpc) is 3.87. The fourth-order valence-corrected chi connectivity index (χ4v) is 8.32. The Morgan fingerprint density at radius 2 is 1.24 bits per heavy atom. The molecular weight excluding hydrogens is 615 g/mol. The van der Waals surface area contributed by atoms with Gasteiger partial charge in [0, 0.05) is 30.8 Å². The van der Waals surface area contributed by atoms with Gasteiger partial charge < -0.3 is 40.5 Å². The Morgan fingerprint density at radius 1 is 0.717 bits per heavy atom. The first-order valence-electron chi connectivity index (χ1n) is 15.6. The van der Waals surface area contributed by atoms with Crippen molar-refractivity contribution in [1.29, 1.82) is 0 Å². The first-order valence-corrected chi connectivity index (χ1v) is 17.2. The molecule has 5 N–H and O–H groups in total. The summed E-state index contributed by atoms with van der Waals surface area (Å²) in [5.41, 5.74) is 0.933. The zero-order valence-corrected chi connectivity index (χ0v) is 26.1. The van der Waals surface area contributed by atoms with Crippen molar-refractivity contribution in [2.75, 3.05) is 23.7 Å². The van der Waals surface area contributed by atoms with Gasteiger partial charge in [0.2, 0.25) is 29.5 Å². The van der Waals surface area contributed by atoms with Crippen molar-refractivity contribution in [2.45, 2.75) is 75.3 Å². The van der Waals surface area contributed by atoms with Gasteiger partial charge >= 0.3 is 7.60 Å². The van der Waals surface area contributed by atoms with E-state index in [-0.39, 0.29) is 47.1 Å². The van der Waals surface area contributed by atoms with E-state index in [1.807, 2.05) is 0 Å². The molecule has 4 saturated heterocycles. The molecule has 14 nitrogen and oxygen atoms in total. The van der Waals surface area contributed by atoms with E-state index in [4.69, 9.17) is 9.05 Å². The van der Waals surface area contributed by atoms with Crippen molar-refractivity contribution < 1.29 is 37.6 Å². The second-order valence-electron chi connectivity index (χ2n) is 11.9. The molecule has 4 atom stereocenters. The van der Waals surface area contributed by atoms with Gasteiger partial charge in [0.05, 0.1) is 6.04 Å². The van der Waals surface area contributed by atoms with Crippen molar-refractivity contribution in [3.8, 4) is 11.5 Å². The molecule has 4 aliphatic heterocycles. The molecule has 5 amide bonds. The van der Waals surface area contributed by atoms with Gasteiger partial charge in [-0.1, -0.05) is 0 Å². The molecule has 46 heavy (non-hydrogen) atoms. The second kappa shape index (κ2) is 13.5. The molecule has 0 saturated carbocycles. The maximum Gasteiger partial charge on any atom is 0.453 e. The summed E-state index contributed by atoms with van der Waals surface area (Å²) in [6, 6.07) is 11.1. The van der Waals surface area contributed by atoms with Gasteiger partial charge in [-0.25, -0.2) is 4.57 Å². The fourth-order valence-electron chi connectivity index (χ4n) is 6.14. The summed E-state index contributed by atoms with van der Waals surface area (Å²) < 4.78 is 27.0. The minimum atomic E-state index is -4.09. The third-order valence-electron chi connectivity index (χ3n) is 8.56. The van der Waals surface area contributed by atoms with Gasteiger partial charge in [0.15, 0.2) is 5.78 Å². The van der Waals surface area contributed by atoms with Gasteiger partial charge in [-0.05, 0) is 93.6 Å². The van der Waals surface area contributed by atoms with Gasteiger partial charge in [0.25, 0.3) is 0 Å². The normalized spacial score (nSPS) is 24.3. The van der Waals surface area contributed by atoms with Crippen LogP contribution in [0.5, 0.6) is 11.5 Å². The van der Waals surface area contributed by atoms with Crippen LogP contribution in [0.3, 0.4) is 0 Å². The largest absolute Gasteiger partial charge is 0.453 e. The highest BCUT2D eigenvalue weighted by atomic mass is 31.2. The molecule has 0 spiro atoms. The third-order valence-corrected chi connectivity index (χ3v) is 10.8. The number of nitrogens with one attached hydrogen (secondary N) is 5. The molecular formula is C31H37N6O8P. The van der Waals surface area contributed by atoms with Crippen LogP contribution in [0.15, 0.2) is 48.5 Å². The monoisotopic (exact) mass is 652 g/mol. The number of nitrogens with zero attached hydrogens (tertiary/aromatic N) is 1. The predicted octanol–water partition coefficient (Wildman–Crippen LogP) is 2.47. The summed E-state index contributed by atoms with van der Waals surface area (Å²) in [4.78, 5) is 63.1. The number of carbonyl (C=O) groups is 5. The van der Waals surface area contributed by atoms with Crippen molar-refractivity contribution >= 4 is 48.5 Å². The van der Waals surface area contributed by atoms with E-state index in [9.17, 15) is 28.5 Å². The quantitative estimate of drug-likeness (QED) is 0.241. The van der Waals surface area contributed by atoms with Crippen LogP contribution in [0, 0.1) is 0 Å². The van der Waals surface area contributed by atoms with E-state index in [2.05, 4.69) is 26.6 Å². The summed E-state index contributed by atoms with van der Waals surface area (Å²) in [6.45, 7) is 1.16. The van der Waals surface area contributed by atoms with Gasteiger partial charge in [-0.2, -0.15) is 0 Å². The maximum atomic E-state index is 14.7. The predicted molar refractivity (Wildman–Crippen MR) is 167 cm³/mol. The molecule has 15 heteroatoms. The second-order valence-corrected chi connectivity index (χ2v) is 13.9. The number of anilines is 2. The van der Waals surface area contributed by atoms with E-state index < -0.39 is 25.5 Å². The minimum Gasteiger partial charge on any atom is -0.415 e. The van der Waals surface area contributed by atoms with E-state index in [0.29, 0.717) is 62.9 Å². The van der Waals surface area contributed by atoms with Crippen LogP contribution in [0.1, 0.15) is 51.4 Å². The highest BCUT2D eigenvalue weighted by Gasteiger charge is 2.49. The van der Waals surface area contributed by atoms with Crippen LogP contribution in [-0.4, -0.2) is 71.4 Å². The maximum absolute atomic E-state index is 14.7. The summed E-state index contributed by atoms with van der Waals surface area (Å²) in [5.74, 6) is -1.53. The lowest BCUT2D eigenvalue weighted by Crippen LogP contribution is -2.46. The molecule has 1 unspecified atom stereocenters. The standard InChI is InChI=1S/C31H37N6O8P/c38-26-15-13-23(35-26)29(40)33-19-5-9-21(10-6-19)44-46(43,28-4-2-18-37(28)31(42)25-3-1-17-32-25)45-22-11-7-20(8-12-22)34-30(41)24-14-16-27(39)36-24/h5-12,23-25,28,32H,1-4,13-18H2,(H,33,40)(H,34,41)(H,35,38)(H,36,39)/t23-,24-,25?,28+/m0/s1. The van der Waals surface area contributed by atoms with Crippen LogP contribution in [0.25, 0.3) is 0 Å². The molecule has 0 bridgehead atoms. The summed E-state index contributed by atoms with van der Waals surface area (Å²) in [6.07, 6.45) is 4.07. The number of amides is 5. The number of hydrogen-bond acceptors (Lipinski definition) is 9. The average molecular weight is 653 g/mol. The first kappa shape index (κ1) is 31.6. The Balaban J connectivity index is 1.18. The lowest BCUT2D eigenvalue weighted by Gasteiger charge is -2.32. The van der Waals surface area contributed by atoms with Crippen LogP contribution < -0.4 is 35.6 Å². The van der Waals surface area contributed by atoms with Crippen molar-refractivity contribution in [1.82, 2.24) is 20.9 Å². The van der Waals surface area contributed by atoms with Crippen molar-refractivity contribution in [3.63, 3.8) is 0 Å². The number of rotatable bonds is 10. The summed E-state index contributed by atoms with van der Waals surface area (Å²) in [7, 11) is -4.09. The number of hydrogen-bond donors (Lipinski definition) is 5. The Bertz CT molecular complexity index is 1460. The SMILES string of the molecule is O=C1CC[C@@H](C(=O)Nc2ccc(OP(=O)(Oc3ccc(NC(=O)[C@@H]4CCC(=O)N4)cc3)[C@@H]3CCCN3C(=O)C3CCCN3)cc2)N1. The molecule has 2 aromatic rings. The fraction of sp³-hybridized carbons (Fsp3) is 0.452. The zero-order valence-electron chi connectivity index (χ0n) is 25.2. The molecule has 0 radical (unpaired) electrons. The number of likely N-dealkylation sites (tertiary alicyclic amines) is 1. The molecule has 0 aromatic heterocycles. The molecule has 4 fully saturated rings. The van der Waals surface area contributed by atoms with Gasteiger partial charge in [-0.3, -0.25) is 24.0 Å². The molecule has 2 aromatic carbocycles. The van der Waals surface area contributed by atoms with Gasteiger partial charge in [0.1, 0.15) is 23.6 Å². The zero-order chi connectivity index (χ0) is 32.3. The lowest BCUT2D eigenvalue weighted by molar-refractivity contribution is -0.133. The van der Waals surface area contributed by atoms with E-state index >= 15 is 0 Å². The van der Waals surface area contributed by atoms with Gasteiger partial charge in [-0.15, -0.1) is 0 Å². The van der Waals surface area contributed by atoms with Crippen LogP contribution in [0.4, 0.5) is 11.4 Å². The topological polar surface area (TPSA) is 184 Å². The number of benzene rings is 2. The molecule has 0 aliphatic carbocycles. The highest BCUT2D eigenvalue weighted by molar-refractivity contribution is 7.55. The third kappa shape index (κ3) is 7.18. The molecule has 244 valence electrons. The Morgan fingerprint density at radius 3 is 1.67 bits per heavy atom. The Hall–Kier alpha value is -4.42. The Labute approximate surface area is 265 Å². The molecule has 4 heterocycles. The summed E-state index contributed by atoms with van der Waals surface area (Å²) >= 11 is 0. The number of carbonyl (C=O) groups excluding carboxylic acids is 5.